The van der Waals surface area contributed by atoms with Crippen molar-refractivity contribution in [3.05, 3.63) is 39.4 Å². The summed E-state index contributed by atoms with van der Waals surface area (Å²) < 4.78 is 5.28. The molecule has 1 aliphatic heterocycles. The quantitative estimate of drug-likeness (QED) is 0.487. The van der Waals surface area contributed by atoms with E-state index in [1.54, 1.807) is 13.0 Å². The van der Waals surface area contributed by atoms with Gasteiger partial charge in [-0.1, -0.05) is 6.07 Å². The number of rotatable bonds is 6. The van der Waals surface area contributed by atoms with Gasteiger partial charge in [-0.2, -0.15) is 0 Å². The van der Waals surface area contributed by atoms with E-state index in [4.69, 9.17) is 4.74 Å². The van der Waals surface area contributed by atoms with Crippen LogP contribution >= 0.6 is 0 Å². The van der Waals surface area contributed by atoms with Crippen molar-refractivity contribution in [1.82, 2.24) is 10.2 Å². The minimum Gasteiger partial charge on any atom is -0.379 e. The molecule has 0 aliphatic carbocycles. The molecule has 7 nitrogen and oxygen atoms in total. The zero-order chi connectivity index (χ0) is 15.9. The number of hydrogen-bond donors (Lipinski definition) is 1. The lowest BCUT2D eigenvalue weighted by Gasteiger charge is -2.26. The van der Waals surface area contributed by atoms with Crippen LogP contribution in [0, 0.1) is 17.0 Å². The molecule has 120 valence electrons. The first-order valence-corrected chi connectivity index (χ1v) is 7.42. The number of amides is 1. The first kappa shape index (κ1) is 16.4. The van der Waals surface area contributed by atoms with E-state index in [1.165, 1.54) is 12.1 Å². The van der Waals surface area contributed by atoms with Gasteiger partial charge in [0.2, 0.25) is 0 Å². The summed E-state index contributed by atoms with van der Waals surface area (Å²) in [6.45, 7) is 6.45. The Bertz CT molecular complexity index is 542. The fourth-order valence-electron chi connectivity index (χ4n) is 2.49. The second-order valence-corrected chi connectivity index (χ2v) is 5.27. The van der Waals surface area contributed by atoms with E-state index in [9.17, 15) is 14.9 Å². The van der Waals surface area contributed by atoms with Crippen LogP contribution in [0.5, 0.6) is 0 Å². The number of nitrogens with one attached hydrogen (secondary N) is 1. The van der Waals surface area contributed by atoms with Gasteiger partial charge in [0.1, 0.15) is 0 Å². The van der Waals surface area contributed by atoms with Gasteiger partial charge in [0, 0.05) is 36.8 Å². The molecule has 1 aromatic carbocycles. The Morgan fingerprint density at radius 1 is 1.41 bits per heavy atom. The monoisotopic (exact) mass is 307 g/mol. The van der Waals surface area contributed by atoms with Crippen LogP contribution in [0.2, 0.25) is 0 Å². The van der Waals surface area contributed by atoms with Gasteiger partial charge in [-0.05, 0) is 26.0 Å². The highest BCUT2D eigenvalue weighted by molar-refractivity contribution is 5.96. The van der Waals surface area contributed by atoms with Crippen molar-refractivity contribution < 1.29 is 14.5 Å². The summed E-state index contributed by atoms with van der Waals surface area (Å²) in [6, 6.07) is 4.55. The summed E-state index contributed by atoms with van der Waals surface area (Å²) in [6.07, 6.45) is 0.847. The molecule has 2 rings (SSSR count). The van der Waals surface area contributed by atoms with Crippen molar-refractivity contribution in [3.8, 4) is 0 Å². The van der Waals surface area contributed by atoms with Gasteiger partial charge >= 0.3 is 0 Å². The Balaban J connectivity index is 1.82. The SMILES string of the molecule is Cc1c(C(=O)NCCCN2CCOCC2)cccc1[N+](=O)[O-]. The molecule has 0 saturated carbocycles. The van der Waals surface area contributed by atoms with E-state index in [2.05, 4.69) is 10.2 Å². The molecule has 1 fully saturated rings. The predicted molar refractivity (Wildman–Crippen MR) is 82.0 cm³/mol. The van der Waals surface area contributed by atoms with E-state index in [0.717, 1.165) is 39.3 Å². The number of hydrogen-bond acceptors (Lipinski definition) is 5. The number of benzene rings is 1. The van der Waals surface area contributed by atoms with Gasteiger partial charge in [-0.3, -0.25) is 19.8 Å². The van der Waals surface area contributed by atoms with Crippen molar-refractivity contribution in [2.24, 2.45) is 0 Å². The molecule has 7 heteroatoms. The summed E-state index contributed by atoms with van der Waals surface area (Å²) in [7, 11) is 0. The van der Waals surface area contributed by atoms with Crippen molar-refractivity contribution in [2.45, 2.75) is 13.3 Å². The molecule has 1 aliphatic rings. The van der Waals surface area contributed by atoms with Crippen LogP contribution in [0.4, 0.5) is 5.69 Å². The third-order valence-corrected chi connectivity index (χ3v) is 3.79. The van der Waals surface area contributed by atoms with Gasteiger partial charge < -0.3 is 10.1 Å². The molecular weight excluding hydrogens is 286 g/mol. The zero-order valence-electron chi connectivity index (χ0n) is 12.7. The van der Waals surface area contributed by atoms with E-state index in [1.807, 2.05) is 0 Å². The highest BCUT2D eigenvalue weighted by Crippen LogP contribution is 2.20. The molecule has 0 spiro atoms. The molecule has 0 bridgehead atoms. The molecule has 1 heterocycles. The standard InChI is InChI=1S/C15H21N3O4/c1-12-13(4-2-5-14(12)18(20)21)15(19)16-6-3-7-17-8-10-22-11-9-17/h2,4-5H,3,6-11H2,1H3,(H,16,19). The minimum atomic E-state index is -0.468. The third-order valence-electron chi connectivity index (χ3n) is 3.79. The average molecular weight is 307 g/mol. The molecule has 0 aromatic heterocycles. The third kappa shape index (κ3) is 4.25. The van der Waals surface area contributed by atoms with Crippen LogP contribution in [0.15, 0.2) is 18.2 Å². The Hall–Kier alpha value is -1.99. The van der Waals surface area contributed by atoms with Crippen molar-refractivity contribution in [1.29, 1.82) is 0 Å². The van der Waals surface area contributed by atoms with E-state index >= 15 is 0 Å². The lowest BCUT2D eigenvalue weighted by atomic mass is 10.1. The van der Waals surface area contributed by atoms with Crippen LogP contribution in [-0.2, 0) is 4.74 Å². The highest BCUT2D eigenvalue weighted by Gasteiger charge is 2.17. The number of ether oxygens (including phenoxy) is 1. The van der Waals surface area contributed by atoms with Crippen molar-refractivity contribution in [3.63, 3.8) is 0 Å². The summed E-state index contributed by atoms with van der Waals surface area (Å²) in [4.78, 5) is 24.8. The summed E-state index contributed by atoms with van der Waals surface area (Å²) in [5.41, 5.74) is 0.736. The normalized spacial score (nSPS) is 15.5. The fourth-order valence-corrected chi connectivity index (χ4v) is 2.49. The maximum atomic E-state index is 12.1. The second kappa shape index (κ2) is 7.86. The van der Waals surface area contributed by atoms with Gasteiger partial charge in [0.15, 0.2) is 0 Å². The Morgan fingerprint density at radius 3 is 2.82 bits per heavy atom. The molecule has 0 radical (unpaired) electrons. The molecule has 22 heavy (non-hydrogen) atoms. The lowest BCUT2D eigenvalue weighted by Crippen LogP contribution is -2.38. The maximum Gasteiger partial charge on any atom is 0.273 e. The Labute approximate surface area is 129 Å². The summed E-state index contributed by atoms with van der Waals surface area (Å²) in [5, 5.41) is 13.7. The number of nitrogens with zero attached hydrogens (tertiary/aromatic N) is 2. The largest absolute Gasteiger partial charge is 0.379 e. The van der Waals surface area contributed by atoms with Crippen LogP contribution < -0.4 is 5.32 Å². The topological polar surface area (TPSA) is 84.7 Å². The smallest absolute Gasteiger partial charge is 0.273 e. The Morgan fingerprint density at radius 2 is 2.14 bits per heavy atom. The number of carbonyl (C=O) groups is 1. The number of nitro groups is 1. The molecular formula is C15H21N3O4. The molecule has 1 aromatic rings. The van der Waals surface area contributed by atoms with Gasteiger partial charge in [0.05, 0.1) is 18.1 Å². The van der Waals surface area contributed by atoms with Crippen molar-refractivity contribution in [2.75, 3.05) is 39.4 Å². The summed E-state index contributed by atoms with van der Waals surface area (Å²) in [5.74, 6) is -0.261. The van der Waals surface area contributed by atoms with Crippen molar-refractivity contribution >= 4 is 11.6 Å². The minimum absolute atomic E-state index is 0.0269. The molecule has 1 N–H and O–H groups in total. The first-order chi connectivity index (χ1) is 10.6. The van der Waals surface area contributed by atoms with E-state index in [0.29, 0.717) is 17.7 Å². The van der Waals surface area contributed by atoms with Crippen LogP contribution in [-0.4, -0.2) is 55.1 Å². The van der Waals surface area contributed by atoms with Gasteiger partial charge in [-0.15, -0.1) is 0 Å². The van der Waals surface area contributed by atoms with Crippen LogP contribution in [0.25, 0.3) is 0 Å². The molecule has 0 unspecified atom stereocenters. The maximum absolute atomic E-state index is 12.1. The fraction of sp³-hybridized carbons (Fsp3) is 0.533. The zero-order valence-corrected chi connectivity index (χ0v) is 12.7. The number of carbonyl (C=O) groups excluding carboxylic acids is 1. The predicted octanol–water partition coefficient (Wildman–Crippen LogP) is 1.36. The summed E-state index contributed by atoms with van der Waals surface area (Å²) >= 11 is 0. The first-order valence-electron chi connectivity index (χ1n) is 7.42. The Kier molecular flexibility index (Phi) is 5.85. The molecule has 1 amide bonds. The van der Waals surface area contributed by atoms with Crippen LogP contribution in [0.3, 0.4) is 0 Å². The lowest BCUT2D eigenvalue weighted by molar-refractivity contribution is -0.385. The number of nitro benzene ring substituents is 1. The number of morpholine rings is 1. The van der Waals surface area contributed by atoms with E-state index in [-0.39, 0.29) is 11.6 Å². The van der Waals surface area contributed by atoms with Gasteiger partial charge in [-0.25, -0.2) is 0 Å². The highest BCUT2D eigenvalue weighted by atomic mass is 16.6. The average Bonchev–Trinajstić information content (AvgIpc) is 2.52. The van der Waals surface area contributed by atoms with Crippen LogP contribution in [0.1, 0.15) is 22.3 Å². The molecule has 0 atom stereocenters. The van der Waals surface area contributed by atoms with Gasteiger partial charge in [0.25, 0.3) is 11.6 Å². The molecule has 1 saturated heterocycles. The van der Waals surface area contributed by atoms with E-state index < -0.39 is 4.92 Å². The second-order valence-electron chi connectivity index (χ2n) is 5.27.